The largest absolute Gasteiger partial charge is 0.390 e. The minimum absolute atomic E-state index is 0.169. The lowest BCUT2D eigenvalue weighted by molar-refractivity contribution is 0.108. The van der Waals surface area contributed by atoms with Crippen molar-refractivity contribution in [2.75, 3.05) is 39.5 Å². The zero-order valence-electron chi connectivity index (χ0n) is 12.9. The summed E-state index contributed by atoms with van der Waals surface area (Å²) in [5, 5.41) is 4.93. The SMILES string of the molecule is Cc1sc(N)c(-c2nc(C3CN(C)CCN3C)no2)c1C. The highest BCUT2D eigenvalue weighted by molar-refractivity contribution is 7.16. The molecule has 0 aliphatic carbocycles. The van der Waals surface area contributed by atoms with E-state index in [0.717, 1.165) is 41.6 Å². The van der Waals surface area contributed by atoms with Crippen molar-refractivity contribution in [3.05, 3.63) is 16.3 Å². The minimum Gasteiger partial charge on any atom is -0.390 e. The van der Waals surface area contributed by atoms with Gasteiger partial charge in [0.15, 0.2) is 5.82 Å². The van der Waals surface area contributed by atoms with Crippen LogP contribution in [-0.4, -0.2) is 53.7 Å². The zero-order valence-corrected chi connectivity index (χ0v) is 13.7. The third-order valence-corrected chi connectivity index (χ3v) is 5.25. The van der Waals surface area contributed by atoms with Gasteiger partial charge in [0, 0.05) is 24.5 Å². The van der Waals surface area contributed by atoms with Crippen molar-refractivity contribution in [3.63, 3.8) is 0 Å². The summed E-state index contributed by atoms with van der Waals surface area (Å²) in [7, 11) is 4.22. The molecule has 2 aromatic rings. The van der Waals surface area contributed by atoms with Gasteiger partial charge >= 0.3 is 0 Å². The molecule has 3 rings (SSSR count). The van der Waals surface area contributed by atoms with Crippen LogP contribution < -0.4 is 5.73 Å². The van der Waals surface area contributed by atoms with Gasteiger partial charge in [-0.25, -0.2) is 0 Å². The van der Waals surface area contributed by atoms with E-state index in [4.69, 9.17) is 10.3 Å². The number of hydrogen-bond donors (Lipinski definition) is 1. The van der Waals surface area contributed by atoms with Crippen LogP contribution in [0.3, 0.4) is 0 Å². The molecule has 0 radical (unpaired) electrons. The van der Waals surface area contributed by atoms with E-state index >= 15 is 0 Å². The lowest BCUT2D eigenvalue weighted by atomic mass is 10.1. The van der Waals surface area contributed by atoms with Crippen molar-refractivity contribution in [2.45, 2.75) is 19.9 Å². The lowest BCUT2D eigenvalue weighted by Crippen LogP contribution is -2.45. The van der Waals surface area contributed by atoms with Crippen LogP contribution in [-0.2, 0) is 0 Å². The number of piperazine rings is 1. The van der Waals surface area contributed by atoms with Crippen molar-refractivity contribution in [1.82, 2.24) is 19.9 Å². The van der Waals surface area contributed by atoms with Crippen LogP contribution in [0.15, 0.2) is 4.52 Å². The second-order valence-corrected chi connectivity index (χ2v) is 7.00. The van der Waals surface area contributed by atoms with E-state index in [2.05, 4.69) is 41.0 Å². The molecular formula is C14H21N5OS. The Bertz CT molecular complexity index is 650. The molecule has 1 aliphatic rings. The molecule has 0 amide bonds. The van der Waals surface area contributed by atoms with Crippen molar-refractivity contribution >= 4 is 16.3 Å². The summed E-state index contributed by atoms with van der Waals surface area (Å²) >= 11 is 1.57. The number of nitrogens with two attached hydrogens (primary N) is 1. The smallest absolute Gasteiger partial charge is 0.261 e. The Morgan fingerprint density at radius 3 is 2.71 bits per heavy atom. The molecule has 2 aromatic heterocycles. The van der Waals surface area contributed by atoms with E-state index in [9.17, 15) is 0 Å². The number of hydrogen-bond acceptors (Lipinski definition) is 7. The summed E-state index contributed by atoms with van der Waals surface area (Å²) in [6.07, 6.45) is 0. The summed E-state index contributed by atoms with van der Waals surface area (Å²) in [5.74, 6) is 1.27. The standard InChI is InChI=1S/C14H21N5OS/c1-8-9(2)21-12(15)11(8)14-16-13(17-20-14)10-7-18(3)5-6-19(10)4/h10H,5-7,15H2,1-4H3. The number of thiophene rings is 1. The Balaban J connectivity index is 1.93. The van der Waals surface area contributed by atoms with Crippen molar-refractivity contribution in [2.24, 2.45) is 0 Å². The number of aryl methyl sites for hydroxylation is 1. The second kappa shape index (κ2) is 5.40. The predicted octanol–water partition coefficient (Wildman–Crippen LogP) is 1.92. The van der Waals surface area contributed by atoms with E-state index in [1.807, 2.05) is 6.92 Å². The molecule has 1 fully saturated rings. The van der Waals surface area contributed by atoms with Crippen molar-refractivity contribution < 1.29 is 4.52 Å². The highest BCUT2D eigenvalue weighted by Gasteiger charge is 2.29. The van der Waals surface area contributed by atoms with Crippen LogP contribution in [0.25, 0.3) is 11.5 Å². The maximum atomic E-state index is 6.08. The Kier molecular flexibility index (Phi) is 3.73. The van der Waals surface area contributed by atoms with Crippen LogP contribution in [0.2, 0.25) is 0 Å². The van der Waals surface area contributed by atoms with Crippen LogP contribution in [0, 0.1) is 13.8 Å². The van der Waals surface area contributed by atoms with E-state index < -0.39 is 0 Å². The third kappa shape index (κ3) is 2.56. The van der Waals surface area contributed by atoms with E-state index in [-0.39, 0.29) is 6.04 Å². The Hall–Kier alpha value is -1.44. The molecule has 0 spiro atoms. The first kappa shape index (κ1) is 14.5. The highest BCUT2D eigenvalue weighted by atomic mass is 32.1. The van der Waals surface area contributed by atoms with Gasteiger partial charge < -0.3 is 15.2 Å². The van der Waals surface area contributed by atoms with Gasteiger partial charge in [-0.1, -0.05) is 5.16 Å². The van der Waals surface area contributed by atoms with Gasteiger partial charge in [-0.05, 0) is 33.5 Å². The quantitative estimate of drug-likeness (QED) is 0.914. The molecule has 0 bridgehead atoms. The number of nitrogens with zero attached hydrogens (tertiary/aromatic N) is 4. The van der Waals surface area contributed by atoms with Gasteiger partial charge in [-0.15, -0.1) is 11.3 Å². The van der Waals surface area contributed by atoms with Gasteiger partial charge in [0.1, 0.15) is 0 Å². The molecule has 0 aromatic carbocycles. The number of aromatic nitrogens is 2. The second-order valence-electron chi connectivity index (χ2n) is 5.74. The fourth-order valence-electron chi connectivity index (χ4n) is 2.68. The normalized spacial score (nSPS) is 21.0. The molecule has 3 heterocycles. The molecule has 2 N–H and O–H groups in total. The average molecular weight is 307 g/mol. The van der Waals surface area contributed by atoms with Gasteiger partial charge in [0.25, 0.3) is 5.89 Å². The molecular weight excluding hydrogens is 286 g/mol. The molecule has 6 nitrogen and oxygen atoms in total. The predicted molar refractivity (Wildman–Crippen MR) is 84.4 cm³/mol. The maximum absolute atomic E-state index is 6.08. The van der Waals surface area contributed by atoms with Gasteiger partial charge in [0.05, 0.1) is 16.6 Å². The van der Waals surface area contributed by atoms with Crippen LogP contribution in [0.1, 0.15) is 22.3 Å². The summed E-state index contributed by atoms with van der Waals surface area (Å²) in [6, 6.07) is 0.169. The number of likely N-dealkylation sites (N-methyl/N-ethyl adjacent to an activating group) is 2. The first-order valence-corrected chi connectivity index (χ1v) is 7.87. The first-order valence-electron chi connectivity index (χ1n) is 7.05. The molecule has 21 heavy (non-hydrogen) atoms. The van der Waals surface area contributed by atoms with Crippen LogP contribution in [0.4, 0.5) is 5.00 Å². The molecule has 7 heteroatoms. The molecule has 1 atom stereocenters. The first-order chi connectivity index (χ1) is 9.97. The topological polar surface area (TPSA) is 71.4 Å². The van der Waals surface area contributed by atoms with Crippen molar-refractivity contribution in [3.8, 4) is 11.5 Å². The summed E-state index contributed by atoms with van der Waals surface area (Å²) < 4.78 is 5.48. The Labute approximate surface area is 128 Å². The number of rotatable bonds is 2. The monoisotopic (exact) mass is 307 g/mol. The van der Waals surface area contributed by atoms with E-state index in [1.54, 1.807) is 11.3 Å². The molecule has 0 saturated carbocycles. The molecule has 1 aliphatic heterocycles. The zero-order chi connectivity index (χ0) is 15.1. The molecule has 1 saturated heterocycles. The molecule has 1 unspecified atom stereocenters. The highest BCUT2D eigenvalue weighted by Crippen LogP contribution is 2.37. The fraction of sp³-hybridized carbons (Fsp3) is 0.571. The maximum Gasteiger partial charge on any atom is 0.261 e. The third-order valence-electron chi connectivity index (χ3n) is 4.22. The Morgan fingerprint density at radius 2 is 2.05 bits per heavy atom. The van der Waals surface area contributed by atoms with E-state index in [0.29, 0.717) is 5.89 Å². The average Bonchev–Trinajstić information content (AvgIpc) is 2.99. The van der Waals surface area contributed by atoms with Gasteiger partial charge in [-0.3, -0.25) is 4.90 Å². The minimum atomic E-state index is 0.169. The fourth-order valence-corrected chi connectivity index (χ4v) is 3.61. The van der Waals surface area contributed by atoms with E-state index in [1.165, 1.54) is 4.88 Å². The van der Waals surface area contributed by atoms with Crippen LogP contribution >= 0.6 is 11.3 Å². The number of anilines is 1. The number of nitrogen functional groups attached to an aromatic ring is 1. The summed E-state index contributed by atoms with van der Waals surface area (Å²) in [5.41, 5.74) is 8.10. The summed E-state index contributed by atoms with van der Waals surface area (Å²) in [4.78, 5) is 10.4. The Morgan fingerprint density at radius 1 is 1.29 bits per heavy atom. The van der Waals surface area contributed by atoms with Crippen molar-refractivity contribution in [1.29, 1.82) is 0 Å². The van der Waals surface area contributed by atoms with Gasteiger partial charge in [-0.2, -0.15) is 4.98 Å². The van der Waals surface area contributed by atoms with Crippen LogP contribution in [0.5, 0.6) is 0 Å². The lowest BCUT2D eigenvalue weighted by Gasteiger charge is -2.35. The van der Waals surface area contributed by atoms with Gasteiger partial charge in [0.2, 0.25) is 0 Å². The summed E-state index contributed by atoms with van der Waals surface area (Å²) in [6.45, 7) is 7.08. The molecule has 114 valence electrons.